The van der Waals surface area contributed by atoms with Crippen LogP contribution in [0.4, 0.5) is 24.7 Å². The van der Waals surface area contributed by atoms with Gasteiger partial charge in [-0.05, 0) is 104 Å². The smallest absolute Gasteiger partial charge is 0.377 e. The number of rotatable bonds is 25. The quantitative estimate of drug-likeness (QED) is 0.0355. The molecule has 5 N–H and O–H groups in total. The molecule has 3 aromatic carbocycles. The van der Waals surface area contributed by atoms with Crippen molar-refractivity contribution in [2.24, 2.45) is 12.5 Å². The van der Waals surface area contributed by atoms with E-state index in [0.29, 0.717) is 94.0 Å². The van der Waals surface area contributed by atoms with E-state index in [1.807, 2.05) is 70.5 Å². The molecule has 0 bridgehead atoms. The van der Waals surface area contributed by atoms with Crippen LogP contribution in [0.1, 0.15) is 98.5 Å². The summed E-state index contributed by atoms with van der Waals surface area (Å²) in [5.41, 5.74) is 6.60. The van der Waals surface area contributed by atoms with Gasteiger partial charge in [-0.2, -0.15) is 18.3 Å². The molecular formula is C54H68F3N9O7S. The molecule has 2 unspecified atom stereocenters. The zero-order valence-electron chi connectivity index (χ0n) is 43.0. The number of nitrogens with zero attached hydrogens (tertiary/aromatic N) is 4. The first-order chi connectivity index (χ1) is 35.3. The van der Waals surface area contributed by atoms with E-state index in [2.05, 4.69) is 36.7 Å². The van der Waals surface area contributed by atoms with E-state index < -0.39 is 29.2 Å². The molecule has 5 amide bonds. The first-order valence-electron chi connectivity index (χ1n) is 24.9. The molecule has 0 spiro atoms. The standard InChI is InChI=1S/C54H68F3N9O7S/c1-35-14-17-39(31-42(35)43-33-65(6)64-49(43)62-41-22-20-40(21-23-41)54(55,56)57)50(69)59-25-28-73-30-29-72-27-24-58-45(67)12-8-7-9-13-46(68)63-48(53(3,4)5)52(71)66-26-10-11-44(66)51(70)60-32-37-15-18-38(19-16-37)47-36(2)61-34-74-47/h14-23,31,33-34,44,48H,7-13,24-30,32H2,1-6H3,(H,58,67)(H,59,69)(H,60,70)(H,62,64)(H,63,68). The molecule has 3 heterocycles. The van der Waals surface area contributed by atoms with Crippen LogP contribution in [0.3, 0.4) is 0 Å². The Morgan fingerprint density at radius 1 is 0.811 bits per heavy atom. The minimum Gasteiger partial charge on any atom is -0.377 e. The highest BCUT2D eigenvalue weighted by Gasteiger charge is 2.42. The van der Waals surface area contributed by atoms with Crippen LogP contribution >= 0.6 is 11.3 Å². The Hall–Kier alpha value is -6.64. The second-order valence-corrected chi connectivity index (χ2v) is 20.3. The van der Waals surface area contributed by atoms with Crippen molar-refractivity contribution in [3.63, 3.8) is 0 Å². The van der Waals surface area contributed by atoms with E-state index in [1.165, 1.54) is 12.1 Å². The van der Waals surface area contributed by atoms with Crippen molar-refractivity contribution < 1.29 is 46.6 Å². The first-order valence-corrected chi connectivity index (χ1v) is 25.8. The number of carbonyl (C=O) groups is 5. The number of aromatic nitrogens is 3. The van der Waals surface area contributed by atoms with Crippen LogP contribution < -0.4 is 26.6 Å². The zero-order valence-corrected chi connectivity index (χ0v) is 43.8. The van der Waals surface area contributed by atoms with Crippen LogP contribution in [-0.2, 0) is 48.4 Å². The topological polar surface area (TPSA) is 198 Å². The number of carbonyl (C=O) groups excluding carboxylic acids is 5. The summed E-state index contributed by atoms with van der Waals surface area (Å²) in [4.78, 5) is 73.0. The minimum absolute atomic E-state index is 0.121. The molecule has 20 heteroatoms. The number of unbranched alkanes of at least 4 members (excludes halogenated alkanes) is 2. The highest BCUT2D eigenvalue weighted by atomic mass is 32.1. The van der Waals surface area contributed by atoms with Gasteiger partial charge in [0.05, 0.1) is 48.1 Å². The van der Waals surface area contributed by atoms with Crippen LogP contribution in [-0.4, -0.2) is 107 Å². The third kappa shape index (κ3) is 16.4. The lowest BCUT2D eigenvalue weighted by Crippen LogP contribution is -2.57. The van der Waals surface area contributed by atoms with Gasteiger partial charge in [0.15, 0.2) is 5.82 Å². The molecule has 0 radical (unpaired) electrons. The van der Waals surface area contributed by atoms with E-state index in [4.69, 9.17) is 9.47 Å². The summed E-state index contributed by atoms with van der Waals surface area (Å²) in [5, 5.41) is 19.2. The molecule has 6 rings (SSSR count). The molecule has 5 aromatic rings. The Morgan fingerprint density at radius 2 is 1.49 bits per heavy atom. The third-order valence-electron chi connectivity index (χ3n) is 12.6. The van der Waals surface area contributed by atoms with Gasteiger partial charge in [0.25, 0.3) is 5.91 Å². The average Bonchev–Trinajstić information content (AvgIpc) is 4.12. The Bertz CT molecular complexity index is 2680. The summed E-state index contributed by atoms with van der Waals surface area (Å²) < 4.78 is 51.9. The van der Waals surface area contributed by atoms with Crippen molar-refractivity contribution in [1.82, 2.24) is 40.9 Å². The van der Waals surface area contributed by atoms with Crippen LogP contribution in [0.15, 0.2) is 78.4 Å². The van der Waals surface area contributed by atoms with E-state index >= 15 is 0 Å². The van der Waals surface area contributed by atoms with Gasteiger partial charge in [-0.1, -0.05) is 57.5 Å². The molecule has 0 aliphatic carbocycles. The van der Waals surface area contributed by atoms with E-state index in [9.17, 15) is 37.1 Å². The van der Waals surface area contributed by atoms with Crippen molar-refractivity contribution in [2.45, 2.75) is 104 Å². The number of thiazole rings is 1. The van der Waals surface area contributed by atoms with Crippen molar-refractivity contribution >= 4 is 52.4 Å². The number of hydrogen-bond donors (Lipinski definition) is 5. The van der Waals surface area contributed by atoms with Crippen LogP contribution in [0.5, 0.6) is 0 Å². The third-order valence-corrected chi connectivity index (χ3v) is 13.5. The number of benzene rings is 3. The number of anilines is 2. The SMILES string of the molecule is Cc1ccc(C(=O)NCCOCCOCCNC(=O)CCCCCC(=O)NC(C(=O)N2CCCC2C(=O)NCc2ccc(-c3scnc3C)cc2)C(C)(C)C)cc1-c1cn(C)nc1Nc1ccc(C(F)(F)F)cc1. The molecule has 2 aromatic heterocycles. The fourth-order valence-corrected chi connectivity index (χ4v) is 9.29. The van der Waals surface area contributed by atoms with Gasteiger partial charge in [0.1, 0.15) is 12.1 Å². The molecular weight excluding hydrogens is 976 g/mol. The summed E-state index contributed by atoms with van der Waals surface area (Å²) in [7, 11) is 1.73. The van der Waals surface area contributed by atoms with Gasteiger partial charge < -0.3 is 41.0 Å². The Balaban J connectivity index is 0.802. The lowest BCUT2D eigenvalue weighted by Gasteiger charge is -2.35. The van der Waals surface area contributed by atoms with Gasteiger partial charge in [-0.3, -0.25) is 28.7 Å². The molecule has 16 nitrogen and oxygen atoms in total. The van der Waals surface area contributed by atoms with Gasteiger partial charge in [0.2, 0.25) is 23.6 Å². The predicted octanol–water partition coefficient (Wildman–Crippen LogP) is 8.26. The molecule has 398 valence electrons. The fourth-order valence-electron chi connectivity index (χ4n) is 8.48. The van der Waals surface area contributed by atoms with Crippen LogP contribution in [0, 0.1) is 19.3 Å². The number of ether oxygens (including phenoxy) is 2. The van der Waals surface area contributed by atoms with E-state index in [-0.39, 0.29) is 55.7 Å². The lowest BCUT2D eigenvalue weighted by atomic mass is 9.85. The van der Waals surface area contributed by atoms with Gasteiger partial charge in [-0.15, -0.1) is 11.3 Å². The maximum Gasteiger partial charge on any atom is 0.416 e. The summed E-state index contributed by atoms with van der Waals surface area (Å²) in [6, 6.07) is 16.5. The van der Waals surface area contributed by atoms with E-state index in [0.717, 1.165) is 45.0 Å². The lowest BCUT2D eigenvalue weighted by molar-refractivity contribution is -0.144. The largest absolute Gasteiger partial charge is 0.416 e. The average molecular weight is 1040 g/mol. The highest BCUT2D eigenvalue weighted by molar-refractivity contribution is 7.13. The summed E-state index contributed by atoms with van der Waals surface area (Å²) >= 11 is 1.59. The van der Waals surface area contributed by atoms with Crippen molar-refractivity contribution in [1.29, 1.82) is 0 Å². The maximum atomic E-state index is 13.9. The van der Waals surface area contributed by atoms with Crippen molar-refractivity contribution in [2.75, 3.05) is 51.4 Å². The molecule has 0 saturated carbocycles. The highest BCUT2D eigenvalue weighted by Crippen LogP contribution is 2.35. The van der Waals surface area contributed by atoms with Gasteiger partial charge in [-0.25, -0.2) is 4.98 Å². The number of aryl methyl sites for hydroxylation is 3. The number of amides is 5. The number of likely N-dealkylation sites (tertiary alicyclic amines) is 1. The molecule has 1 saturated heterocycles. The molecule has 2 atom stereocenters. The van der Waals surface area contributed by atoms with Gasteiger partial charge in [0, 0.05) is 69.1 Å². The summed E-state index contributed by atoms with van der Waals surface area (Å²) in [6.45, 7) is 12.0. The Labute approximate surface area is 434 Å². The predicted molar refractivity (Wildman–Crippen MR) is 278 cm³/mol. The Kier molecular flexibility index (Phi) is 20.3. The maximum absolute atomic E-state index is 13.9. The number of halogens is 3. The minimum atomic E-state index is -4.44. The zero-order chi connectivity index (χ0) is 53.4. The fraction of sp³-hybridized carbons (Fsp3) is 0.463. The molecule has 74 heavy (non-hydrogen) atoms. The van der Waals surface area contributed by atoms with E-state index in [1.54, 1.807) is 46.3 Å². The number of hydrogen-bond acceptors (Lipinski definition) is 11. The van der Waals surface area contributed by atoms with Crippen LogP contribution in [0.25, 0.3) is 21.6 Å². The summed E-state index contributed by atoms with van der Waals surface area (Å²) in [6.07, 6.45) is 0.866. The van der Waals surface area contributed by atoms with Crippen molar-refractivity contribution in [3.05, 3.63) is 106 Å². The van der Waals surface area contributed by atoms with Crippen LogP contribution in [0.2, 0.25) is 0 Å². The second kappa shape index (κ2) is 26.5. The Morgan fingerprint density at radius 3 is 2.14 bits per heavy atom. The number of alkyl halides is 3. The van der Waals surface area contributed by atoms with Crippen molar-refractivity contribution in [3.8, 4) is 21.6 Å². The monoisotopic (exact) mass is 1040 g/mol. The molecule has 1 aliphatic heterocycles. The number of nitrogens with one attached hydrogen (secondary N) is 5. The first kappa shape index (κ1) is 56.7. The molecule has 1 fully saturated rings. The van der Waals surface area contributed by atoms with Gasteiger partial charge >= 0.3 is 6.18 Å². The molecule has 1 aliphatic rings. The normalized spacial score (nSPS) is 14.1. The summed E-state index contributed by atoms with van der Waals surface area (Å²) in [5.74, 6) is -0.735. The second-order valence-electron chi connectivity index (χ2n) is 19.4.